The van der Waals surface area contributed by atoms with E-state index >= 15 is 0 Å². The van der Waals surface area contributed by atoms with Crippen LogP contribution in [0.25, 0.3) is 0 Å². The number of nitrogens with two attached hydrogens (primary N) is 1. The highest BCUT2D eigenvalue weighted by Gasteiger charge is 2.36. The van der Waals surface area contributed by atoms with E-state index in [9.17, 15) is 26.8 Å². The summed E-state index contributed by atoms with van der Waals surface area (Å²) in [6, 6.07) is 8.76. The fourth-order valence-electron chi connectivity index (χ4n) is 6.02. The van der Waals surface area contributed by atoms with E-state index in [1.165, 1.54) is 12.1 Å². The Morgan fingerprint density at radius 3 is 2.23 bits per heavy atom. The molecular formula is C35H52F2N4O5S. The molecule has 3 atom stereocenters. The van der Waals surface area contributed by atoms with Gasteiger partial charge in [0.2, 0.25) is 5.91 Å². The van der Waals surface area contributed by atoms with E-state index in [1.54, 1.807) is 0 Å². The van der Waals surface area contributed by atoms with Crippen molar-refractivity contribution in [2.45, 2.75) is 102 Å². The first-order valence-electron chi connectivity index (χ1n) is 16.9. The number of aryl methyl sites for hydroxylation is 1. The van der Waals surface area contributed by atoms with Crippen LogP contribution in [0.3, 0.4) is 0 Å². The highest BCUT2D eigenvalue weighted by atomic mass is 32.2. The van der Waals surface area contributed by atoms with Crippen LogP contribution in [0.5, 0.6) is 0 Å². The van der Waals surface area contributed by atoms with Crippen molar-refractivity contribution in [2.75, 3.05) is 25.4 Å². The average molecular weight is 679 g/mol. The monoisotopic (exact) mass is 678 g/mol. The van der Waals surface area contributed by atoms with Crippen molar-refractivity contribution in [1.29, 1.82) is 0 Å². The number of benzene rings is 2. The highest BCUT2D eigenvalue weighted by Crippen LogP contribution is 2.19. The molecule has 47 heavy (non-hydrogen) atoms. The zero-order valence-corrected chi connectivity index (χ0v) is 28.7. The number of sulfone groups is 1. The minimum absolute atomic E-state index is 0.0148. The largest absolute Gasteiger partial charge is 0.458 e. The number of hydrogen-bond acceptors (Lipinski definition) is 8. The van der Waals surface area contributed by atoms with Gasteiger partial charge in [-0.05, 0) is 80.4 Å². The van der Waals surface area contributed by atoms with Gasteiger partial charge in [-0.3, -0.25) is 4.79 Å². The topological polar surface area (TPSA) is 140 Å². The molecule has 1 amide bonds. The number of carbonyl (C=O) groups is 2. The van der Waals surface area contributed by atoms with Gasteiger partial charge in [-0.2, -0.15) is 0 Å². The summed E-state index contributed by atoms with van der Waals surface area (Å²) >= 11 is 0. The van der Waals surface area contributed by atoms with E-state index in [2.05, 4.69) is 28.9 Å². The van der Waals surface area contributed by atoms with Crippen molar-refractivity contribution in [3.63, 3.8) is 0 Å². The lowest BCUT2D eigenvalue weighted by Crippen LogP contribution is -2.53. The fraction of sp³-hybridized carbons (Fsp3) is 0.600. The van der Waals surface area contributed by atoms with Crippen molar-refractivity contribution < 1.29 is 31.5 Å². The Morgan fingerprint density at radius 1 is 0.979 bits per heavy atom. The molecule has 1 aliphatic rings. The van der Waals surface area contributed by atoms with Crippen LogP contribution < -0.4 is 21.7 Å². The average Bonchev–Trinajstić information content (AvgIpc) is 3.03. The fourth-order valence-corrected chi connectivity index (χ4v) is 8.17. The first kappa shape index (κ1) is 38.5. The SMILES string of the molecule is CCCC(CCC)S(=O)(=O)CC(NC(=O)C1CCNCC1)C(=O)O[C@H](CNCc1cccc(CC)c1)[C@@H](N)Cc1cc(F)cc(F)c1. The van der Waals surface area contributed by atoms with Crippen LogP contribution in [-0.2, 0) is 43.5 Å². The van der Waals surface area contributed by atoms with Gasteiger partial charge in [0.15, 0.2) is 9.84 Å². The van der Waals surface area contributed by atoms with E-state index in [4.69, 9.17) is 10.5 Å². The summed E-state index contributed by atoms with van der Waals surface area (Å²) in [6.07, 6.45) is 3.18. The van der Waals surface area contributed by atoms with Crippen LogP contribution in [0.4, 0.5) is 8.78 Å². The van der Waals surface area contributed by atoms with Gasteiger partial charge in [0.25, 0.3) is 0 Å². The molecule has 262 valence electrons. The summed E-state index contributed by atoms with van der Waals surface area (Å²) < 4.78 is 61.1. The first-order chi connectivity index (χ1) is 22.4. The summed E-state index contributed by atoms with van der Waals surface area (Å²) in [5.41, 5.74) is 8.97. The third-order valence-electron chi connectivity index (χ3n) is 8.65. The van der Waals surface area contributed by atoms with Crippen LogP contribution in [0, 0.1) is 17.6 Å². The molecular weight excluding hydrogens is 626 g/mol. The summed E-state index contributed by atoms with van der Waals surface area (Å²) in [7, 11) is -3.80. The zero-order chi connectivity index (χ0) is 34.4. The van der Waals surface area contributed by atoms with E-state index in [0.717, 1.165) is 23.6 Å². The Labute approximate surface area is 278 Å². The number of nitrogens with one attached hydrogen (secondary N) is 3. The Hall–Kier alpha value is -2.93. The van der Waals surface area contributed by atoms with Crippen LogP contribution in [0.1, 0.15) is 76.0 Å². The summed E-state index contributed by atoms with van der Waals surface area (Å²) in [6.45, 7) is 7.68. The van der Waals surface area contributed by atoms with Gasteiger partial charge < -0.3 is 26.4 Å². The standard InChI is InChI=1S/C35H52F2N4O5S/c1-4-8-30(9-5-2)47(44,45)23-32(41-34(42)27-12-14-39-15-13-27)35(43)46-33(22-40-21-25-11-7-10-24(6-3)16-25)31(38)19-26-17-28(36)20-29(37)18-26/h7,10-11,16-18,20,27,30-33,39-40H,4-6,8-9,12-15,19,21-23,38H2,1-3H3,(H,41,42)/t31-,32?,33+/m0/s1. The molecule has 0 bridgehead atoms. The molecule has 0 saturated carbocycles. The smallest absolute Gasteiger partial charge is 0.330 e. The molecule has 1 aliphatic heterocycles. The molecule has 0 spiro atoms. The van der Waals surface area contributed by atoms with E-state index in [-0.39, 0.29) is 24.4 Å². The van der Waals surface area contributed by atoms with Gasteiger partial charge in [0.1, 0.15) is 23.8 Å². The normalized spacial score (nSPS) is 16.1. The van der Waals surface area contributed by atoms with Crippen LogP contribution in [0.15, 0.2) is 42.5 Å². The maximum Gasteiger partial charge on any atom is 0.330 e. The van der Waals surface area contributed by atoms with Crippen LogP contribution in [0.2, 0.25) is 0 Å². The number of amides is 1. The molecule has 0 aromatic heterocycles. The quantitative estimate of drug-likeness (QED) is 0.164. The second-order valence-electron chi connectivity index (χ2n) is 12.5. The predicted molar refractivity (Wildman–Crippen MR) is 180 cm³/mol. The lowest BCUT2D eigenvalue weighted by atomic mass is 9.97. The zero-order valence-electron chi connectivity index (χ0n) is 27.9. The number of carbonyl (C=O) groups excluding carboxylic acids is 2. The summed E-state index contributed by atoms with van der Waals surface area (Å²) in [5, 5.41) is 8.51. The molecule has 3 rings (SSSR count). The van der Waals surface area contributed by atoms with Crippen molar-refractivity contribution in [3.8, 4) is 0 Å². The molecule has 2 aromatic rings. The molecule has 0 radical (unpaired) electrons. The second-order valence-corrected chi connectivity index (χ2v) is 14.9. The lowest BCUT2D eigenvalue weighted by Gasteiger charge is -2.29. The Bertz CT molecular complexity index is 1380. The molecule has 2 aromatic carbocycles. The Morgan fingerprint density at radius 2 is 1.62 bits per heavy atom. The number of halogens is 2. The van der Waals surface area contributed by atoms with Gasteiger partial charge in [-0.15, -0.1) is 0 Å². The van der Waals surface area contributed by atoms with Crippen LogP contribution >= 0.6 is 0 Å². The molecule has 1 fully saturated rings. The minimum Gasteiger partial charge on any atom is -0.458 e. The van der Waals surface area contributed by atoms with Gasteiger partial charge >= 0.3 is 5.97 Å². The molecule has 5 N–H and O–H groups in total. The van der Waals surface area contributed by atoms with Gasteiger partial charge in [0, 0.05) is 31.1 Å². The molecule has 0 aliphatic carbocycles. The van der Waals surface area contributed by atoms with E-state index < -0.39 is 62.5 Å². The minimum atomic E-state index is -3.80. The van der Waals surface area contributed by atoms with Gasteiger partial charge in [0.05, 0.1) is 11.0 Å². The van der Waals surface area contributed by atoms with Crippen molar-refractivity contribution in [2.24, 2.45) is 11.7 Å². The summed E-state index contributed by atoms with van der Waals surface area (Å²) in [5.74, 6) is -3.78. The number of piperidine rings is 1. The van der Waals surface area contributed by atoms with Crippen LogP contribution in [-0.4, -0.2) is 69.1 Å². The number of ether oxygens (including phenoxy) is 1. The molecule has 12 heteroatoms. The van der Waals surface area contributed by atoms with Crippen molar-refractivity contribution >= 4 is 21.7 Å². The van der Waals surface area contributed by atoms with E-state index in [1.807, 2.05) is 32.0 Å². The maximum atomic E-state index is 14.0. The second kappa shape index (κ2) is 19.2. The van der Waals surface area contributed by atoms with Crippen molar-refractivity contribution in [3.05, 3.63) is 70.8 Å². The first-order valence-corrected chi connectivity index (χ1v) is 18.6. The maximum absolute atomic E-state index is 14.0. The molecule has 1 heterocycles. The number of esters is 1. The number of rotatable bonds is 19. The Balaban J connectivity index is 1.85. The van der Waals surface area contributed by atoms with Gasteiger partial charge in [-0.1, -0.05) is 57.9 Å². The van der Waals surface area contributed by atoms with E-state index in [0.29, 0.717) is 58.2 Å². The Kier molecular flexibility index (Phi) is 15.7. The van der Waals surface area contributed by atoms with Crippen molar-refractivity contribution in [1.82, 2.24) is 16.0 Å². The predicted octanol–water partition coefficient (Wildman–Crippen LogP) is 3.97. The number of hydrogen-bond donors (Lipinski definition) is 4. The molecule has 9 nitrogen and oxygen atoms in total. The molecule has 1 unspecified atom stereocenters. The third kappa shape index (κ3) is 12.6. The third-order valence-corrected chi connectivity index (χ3v) is 10.9. The van der Waals surface area contributed by atoms with Gasteiger partial charge in [-0.25, -0.2) is 22.0 Å². The lowest BCUT2D eigenvalue weighted by molar-refractivity contribution is -0.153. The highest BCUT2D eigenvalue weighted by molar-refractivity contribution is 7.92. The summed E-state index contributed by atoms with van der Waals surface area (Å²) in [4.78, 5) is 27.1. The molecule has 1 saturated heterocycles.